The number of carbonyl (C=O) groups excluding carboxylic acids is 2. The Morgan fingerprint density at radius 2 is 1.86 bits per heavy atom. The van der Waals surface area contributed by atoms with Gasteiger partial charge < -0.3 is 5.11 Å². The minimum atomic E-state index is -0.982. The van der Waals surface area contributed by atoms with Crippen LogP contribution in [-0.2, 0) is 11.3 Å². The van der Waals surface area contributed by atoms with E-state index in [0.717, 1.165) is 17.0 Å². The van der Waals surface area contributed by atoms with Crippen LogP contribution in [0.2, 0.25) is 5.02 Å². The van der Waals surface area contributed by atoms with Gasteiger partial charge in [-0.3, -0.25) is 34.7 Å². The largest absolute Gasteiger partial charge is 0.502 e. The van der Waals surface area contributed by atoms with E-state index in [2.05, 4.69) is 0 Å². The maximum Gasteiger partial charge on any atom is 0.318 e. The van der Waals surface area contributed by atoms with E-state index < -0.39 is 38.1 Å². The molecule has 2 aromatic carbocycles. The van der Waals surface area contributed by atoms with Gasteiger partial charge in [-0.25, -0.2) is 0 Å². The van der Waals surface area contributed by atoms with Crippen LogP contribution in [0, 0.1) is 20.2 Å². The Labute approximate surface area is 171 Å². The molecule has 0 saturated carbocycles. The Morgan fingerprint density at radius 3 is 2.48 bits per heavy atom. The Hall–Kier alpha value is -3.44. The molecular formula is C17H10ClN3O7S. The number of nitrogens with zero attached hydrogens (tertiary/aromatic N) is 3. The number of aromatic hydroxyl groups is 1. The van der Waals surface area contributed by atoms with Gasteiger partial charge in [-0.05, 0) is 35.5 Å². The fourth-order valence-electron chi connectivity index (χ4n) is 2.58. The summed E-state index contributed by atoms with van der Waals surface area (Å²) in [5, 5.41) is 32.0. The predicted molar refractivity (Wildman–Crippen MR) is 104 cm³/mol. The number of benzene rings is 2. The third-order valence-corrected chi connectivity index (χ3v) is 5.04. The number of nitro groups is 2. The van der Waals surface area contributed by atoms with Gasteiger partial charge in [0.1, 0.15) is 0 Å². The average Bonchev–Trinajstić information content (AvgIpc) is 2.90. The Bertz CT molecular complexity index is 1100. The van der Waals surface area contributed by atoms with Crippen LogP contribution in [0.1, 0.15) is 11.1 Å². The third kappa shape index (κ3) is 4.20. The van der Waals surface area contributed by atoms with Gasteiger partial charge in [0.25, 0.3) is 16.8 Å². The molecule has 0 bridgehead atoms. The van der Waals surface area contributed by atoms with E-state index in [1.54, 1.807) is 24.3 Å². The van der Waals surface area contributed by atoms with E-state index in [9.17, 15) is 34.9 Å². The van der Waals surface area contributed by atoms with Gasteiger partial charge in [-0.2, -0.15) is 0 Å². The molecule has 0 spiro atoms. The van der Waals surface area contributed by atoms with Crippen molar-refractivity contribution in [2.45, 2.75) is 6.54 Å². The van der Waals surface area contributed by atoms with Crippen LogP contribution < -0.4 is 0 Å². The number of phenolic OH excluding ortho intramolecular Hbond substituents is 1. The molecular weight excluding hydrogens is 426 g/mol. The van der Waals surface area contributed by atoms with E-state index >= 15 is 0 Å². The number of phenols is 1. The number of amides is 2. The lowest BCUT2D eigenvalue weighted by atomic mass is 10.1. The van der Waals surface area contributed by atoms with Gasteiger partial charge in [0, 0.05) is 16.7 Å². The highest BCUT2D eigenvalue weighted by Gasteiger charge is 2.35. The topological polar surface area (TPSA) is 144 Å². The van der Waals surface area contributed by atoms with Gasteiger partial charge >= 0.3 is 5.69 Å². The van der Waals surface area contributed by atoms with E-state index in [1.165, 1.54) is 0 Å². The van der Waals surface area contributed by atoms with Gasteiger partial charge in [-0.15, -0.1) is 0 Å². The smallest absolute Gasteiger partial charge is 0.318 e. The summed E-state index contributed by atoms with van der Waals surface area (Å²) in [6.45, 7) is -0.0520. The fourth-order valence-corrected chi connectivity index (χ4v) is 3.62. The van der Waals surface area contributed by atoms with E-state index in [0.29, 0.717) is 28.4 Å². The standard InChI is InChI=1S/C17H10ClN3O7S/c18-11-3-1-2-9(4-11)8-19-16(23)14(29-17(19)24)6-10-5-12(20(25)26)7-13(15(10)22)21(27)28/h1-7,22H,8H2/b14-6-. The summed E-state index contributed by atoms with van der Waals surface area (Å²) in [5.41, 5.74) is -1.24. The van der Waals surface area contributed by atoms with Crippen molar-refractivity contribution in [3.63, 3.8) is 0 Å². The molecule has 148 valence electrons. The highest BCUT2D eigenvalue weighted by atomic mass is 35.5. The molecule has 0 unspecified atom stereocenters. The fraction of sp³-hybridized carbons (Fsp3) is 0.0588. The number of halogens is 1. The van der Waals surface area contributed by atoms with Crippen molar-refractivity contribution in [3.05, 3.63) is 77.7 Å². The minimum absolute atomic E-state index is 0.0520. The highest BCUT2D eigenvalue weighted by molar-refractivity contribution is 8.18. The van der Waals surface area contributed by atoms with Crippen molar-refractivity contribution >= 4 is 52.0 Å². The first-order valence-electron chi connectivity index (χ1n) is 7.83. The number of imide groups is 1. The molecule has 3 rings (SSSR count). The lowest BCUT2D eigenvalue weighted by Gasteiger charge is -2.12. The van der Waals surface area contributed by atoms with Crippen LogP contribution in [0.3, 0.4) is 0 Å². The number of nitro benzene ring substituents is 2. The van der Waals surface area contributed by atoms with Crippen molar-refractivity contribution < 1.29 is 24.5 Å². The average molecular weight is 436 g/mol. The molecule has 1 N–H and O–H groups in total. The summed E-state index contributed by atoms with van der Waals surface area (Å²) in [6, 6.07) is 8.05. The molecule has 0 aliphatic carbocycles. The molecule has 1 aliphatic heterocycles. The summed E-state index contributed by atoms with van der Waals surface area (Å²) >= 11 is 6.45. The van der Waals surface area contributed by atoms with Crippen LogP contribution in [0.4, 0.5) is 16.2 Å². The van der Waals surface area contributed by atoms with Crippen LogP contribution in [-0.4, -0.2) is 31.0 Å². The molecule has 29 heavy (non-hydrogen) atoms. The number of non-ortho nitro benzene ring substituents is 1. The summed E-state index contributed by atoms with van der Waals surface area (Å²) in [4.78, 5) is 45.8. The SMILES string of the molecule is O=C1S/C(=C\c2cc([N+](=O)[O-])cc([N+](=O)[O-])c2O)C(=O)N1Cc1cccc(Cl)c1. The third-order valence-electron chi connectivity index (χ3n) is 3.90. The molecule has 2 aromatic rings. The van der Waals surface area contributed by atoms with Crippen molar-refractivity contribution in [1.82, 2.24) is 4.90 Å². The minimum Gasteiger partial charge on any atom is -0.502 e. The molecule has 1 heterocycles. The number of thioether (sulfide) groups is 1. The summed E-state index contributed by atoms with van der Waals surface area (Å²) in [5.74, 6) is -1.55. The van der Waals surface area contributed by atoms with Crippen LogP contribution in [0.25, 0.3) is 6.08 Å². The molecule has 10 nitrogen and oxygen atoms in total. The normalized spacial score (nSPS) is 15.2. The molecule has 0 atom stereocenters. The van der Waals surface area contributed by atoms with Crippen molar-refractivity contribution in [1.29, 1.82) is 0 Å². The maximum atomic E-state index is 12.6. The predicted octanol–water partition coefficient (Wildman–Crippen LogP) is 4.10. The van der Waals surface area contributed by atoms with Crippen molar-refractivity contribution in [2.24, 2.45) is 0 Å². The lowest BCUT2D eigenvalue weighted by molar-refractivity contribution is -0.394. The molecule has 12 heteroatoms. The Morgan fingerprint density at radius 1 is 1.14 bits per heavy atom. The molecule has 1 aliphatic rings. The van der Waals surface area contributed by atoms with Gasteiger partial charge in [-0.1, -0.05) is 23.7 Å². The maximum absolute atomic E-state index is 12.6. The summed E-state index contributed by atoms with van der Waals surface area (Å²) < 4.78 is 0. The van der Waals surface area contributed by atoms with E-state index in [-0.39, 0.29) is 17.0 Å². The summed E-state index contributed by atoms with van der Waals surface area (Å²) in [7, 11) is 0. The van der Waals surface area contributed by atoms with Crippen LogP contribution in [0.15, 0.2) is 41.3 Å². The zero-order valence-corrected chi connectivity index (χ0v) is 15.8. The second-order valence-electron chi connectivity index (χ2n) is 5.81. The molecule has 1 saturated heterocycles. The Balaban J connectivity index is 1.97. The first-order valence-corrected chi connectivity index (χ1v) is 9.02. The van der Waals surface area contributed by atoms with Crippen LogP contribution in [0.5, 0.6) is 5.75 Å². The first-order chi connectivity index (χ1) is 13.7. The quantitative estimate of drug-likeness (QED) is 0.419. The van der Waals surface area contributed by atoms with E-state index in [1.807, 2.05) is 0 Å². The highest BCUT2D eigenvalue weighted by Crippen LogP contribution is 2.39. The zero-order chi connectivity index (χ0) is 21.3. The van der Waals surface area contributed by atoms with Crippen molar-refractivity contribution in [3.8, 4) is 5.75 Å². The number of hydrogen-bond acceptors (Lipinski definition) is 8. The molecule has 0 radical (unpaired) electrons. The monoisotopic (exact) mass is 435 g/mol. The van der Waals surface area contributed by atoms with Gasteiger partial charge in [0.05, 0.1) is 27.4 Å². The first kappa shape index (κ1) is 20.3. The Kier molecular flexibility index (Phi) is 5.52. The van der Waals surface area contributed by atoms with E-state index in [4.69, 9.17) is 11.6 Å². The van der Waals surface area contributed by atoms with Gasteiger partial charge in [0.15, 0.2) is 0 Å². The molecule has 2 amide bonds. The lowest BCUT2D eigenvalue weighted by Crippen LogP contribution is -2.27. The van der Waals surface area contributed by atoms with Crippen LogP contribution >= 0.6 is 23.4 Å². The van der Waals surface area contributed by atoms with Gasteiger partial charge in [0.2, 0.25) is 5.75 Å². The molecule has 1 fully saturated rings. The second-order valence-corrected chi connectivity index (χ2v) is 7.24. The number of carbonyl (C=O) groups is 2. The zero-order valence-electron chi connectivity index (χ0n) is 14.3. The van der Waals surface area contributed by atoms with Crippen molar-refractivity contribution in [2.75, 3.05) is 0 Å². The summed E-state index contributed by atoms with van der Waals surface area (Å²) in [6.07, 6.45) is 1.01. The second kappa shape index (κ2) is 7.89. The number of rotatable bonds is 5. The number of hydrogen-bond donors (Lipinski definition) is 1. The molecule has 0 aromatic heterocycles.